The molecular weight excluding hydrogens is 462 g/mol. The number of methoxy groups -OCH3 is 1. The van der Waals surface area contributed by atoms with E-state index in [9.17, 15) is 19.5 Å². The Morgan fingerprint density at radius 2 is 1.69 bits per heavy atom. The van der Waals surface area contributed by atoms with Gasteiger partial charge in [-0.05, 0) is 62.6 Å². The molecular formula is C27H33N3O6. The first-order valence-electron chi connectivity index (χ1n) is 11.5. The molecule has 0 aliphatic heterocycles. The molecule has 2 rings (SSSR count). The first-order chi connectivity index (χ1) is 17.0. The number of amides is 3. The summed E-state index contributed by atoms with van der Waals surface area (Å²) in [6, 6.07) is 13.3. The molecule has 0 radical (unpaired) electrons. The number of carbonyl (C=O) groups excluding carboxylic acids is 3. The molecule has 0 bridgehead atoms. The van der Waals surface area contributed by atoms with Crippen LogP contribution < -0.4 is 15.4 Å². The molecule has 9 nitrogen and oxygen atoms in total. The Labute approximate surface area is 211 Å². The van der Waals surface area contributed by atoms with Crippen molar-refractivity contribution in [2.45, 2.75) is 51.8 Å². The summed E-state index contributed by atoms with van der Waals surface area (Å²) in [4.78, 5) is 39.9. The topological polar surface area (TPSA) is 117 Å². The normalized spacial score (nSPS) is 12.5. The molecule has 9 heteroatoms. The van der Waals surface area contributed by atoms with Crippen molar-refractivity contribution in [1.82, 2.24) is 10.2 Å². The highest BCUT2D eigenvalue weighted by Gasteiger charge is 2.35. The number of rotatable bonds is 9. The Morgan fingerprint density at radius 1 is 1.08 bits per heavy atom. The Morgan fingerprint density at radius 3 is 2.17 bits per heavy atom. The van der Waals surface area contributed by atoms with Gasteiger partial charge in [0.1, 0.15) is 23.4 Å². The molecule has 0 aliphatic carbocycles. The standard InChI is InChI=1S/C27H33N3O6/c1-7-18-9-11-19(12-10-18)23(24(32)28-20-13-15-21(35-6)16-14-20)30(8-2)25(33)22(17-31)29-26(34)36-27(3,4)5/h2,9-16,22-23,31H,7,17H2,1,3-6H3,(H,28,32)(H,29,34). The lowest BCUT2D eigenvalue weighted by Gasteiger charge is -2.30. The maximum absolute atomic E-state index is 13.4. The predicted molar refractivity (Wildman–Crippen MR) is 136 cm³/mol. The third-order valence-corrected chi connectivity index (χ3v) is 5.12. The smallest absolute Gasteiger partial charge is 0.408 e. The van der Waals surface area contributed by atoms with Crippen molar-refractivity contribution >= 4 is 23.6 Å². The summed E-state index contributed by atoms with van der Waals surface area (Å²) in [5, 5.41) is 14.9. The van der Waals surface area contributed by atoms with Gasteiger partial charge in [-0.15, -0.1) is 0 Å². The number of alkyl carbamates (subject to hydrolysis) is 1. The van der Waals surface area contributed by atoms with E-state index in [0.29, 0.717) is 17.0 Å². The second-order valence-electron chi connectivity index (χ2n) is 8.93. The Bertz CT molecular complexity index is 1080. The van der Waals surface area contributed by atoms with Crippen LogP contribution in [0.3, 0.4) is 0 Å². The maximum atomic E-state index is 13.4. The van der Waals surface area contributed by atoms with Crippen molar-refractivity contribution in [3.8, 4) is 18.2 Å². The van der Waals surface area contributed by atoms with Crippen LogP contribution in [0, 0.1) is 12.5 Å². The fraction of sp³-hybridized carbons (Fsp3) is 0.370. The van der Waals surface area contributed by atoms with Crippen LogP contribution in [0.1, 0.15) is 44.9 Å². The first-order valence-corrected chi connectivity index (χ1v) is 11.5. The van der Waals surface area contributed by atoms with Crippen LogP contribution in [0.15, 0.2) is 48.5 Å². The van der Waals surface area contributed by atoms with Crippen LogP contribution in [0.4, 0.5) is 10.5 Å². The van der Waals surface area contributed by atoms with Gasteiger partial charge in [-0.3, -0.25) is 14.5 Å². The minimum absolute atomic E-state index is 0.457. The lowest BCUT2D eigenvalue weighted by Crippen LogP contribution is -2.52. The summed E-state index contributed by atoms with van der Waals surface area (Å²) in [6.07, 6.45) is 5.58. The third-order valence-electron chi connectivity index (χ3n) is 5.12. The maximum Gasteiger partial charge on any atom is 0.408 e. The van der Waals surface area contributed by atoms with E-state index in [1.807, 2.05) is 19.1 Å². The van der Waals surface area contributed by atoms with Crippen molar-refractivity contribution < 1.29 is 29.0 Å². The molecule has 0 fully saturated rings. The molecule has 0 aliphatic rings. The molecule has 0 saturated heterocycles. The monoisotopic (exact) mass is 495 g/mol. The van der Waals surface area contributed by atoms with Gasteiger partial charge >= 0.3 is 6.09 Å². The summed E-state index contributed by atoms with van der Waals surface area (Å²) in [6.45, 7) is 6.23. The van der Waals surface area contributed by atoms with Gasteiger partial charge in [0.05, 0.1) is 13.7 Å². The van der Waals surface area contributed by atoms with E-state index >= 15 is 0 Å². The summed E-state index contributed by atoms with van der Waals surface area (Å²) in [7, 11) is 1.53. The van der Waals surface area contributed by atoms with Crippen LogP contribution in [0.25, 0.3) is 0 Å². The quantitative estimate of drug-likeness (QED) is 0.363. The molecule has 2 unspecified atom stereocenters. The number of ether oxygens (including phenoxy) is 2. The van der Waals surface area contributed by atoms with Crippen molar-refractivity contribution in [3.63, 3.8) is 0 Å². The van der Waals surface area contributed by atoms with E-state index in [-0.39, 0.29) is 0 Å². The summed E-state index contributed by atoms with van der Waals surface area (Å²) in [5.74, 6) is -0.816. The predicted octanol–water partition coefficient (Wildman–Crippen LogP) is 3.24. The van der Waals surface area contributed by atoms with Crippen molar-refractivity contribution in [3.05, 3.63) is 59.7 Å². The number of nitrogens with zero attached hydrogens (tertiary/aromatic N) is 1. The zero-order valence-corrected chi connectivity index (χ0v) is 21.2. The van der Waals surface area contributed by atoms with Crippen molar-refractivity contribution in [1.29, 1.82) is 0 Å². The lowest BCUT2D eigenvalue weighted by atomic mass is 10.0. The molecule has 0 aromatic heterocycles. The van der Waals surface area contributed by atoms with Gasteiger partial charge in [-0.2, -0.15) is 0 Å². The SMILES string of the molecule is C#CN(C(=O)C(CO)NC(=O)OC(C)(C)C)C(C(=O)Nc1ccc(OC)cc1)c1ccc(CC)cc1. The van der Waals surface area contributed by atoms with Crippen LogP contribution in [-0.4, -0.2) is 53.3 Å². The number of terminal acetylenes is 1. The molecule has 3 N–H and O–H groups in total. The Hall–Kier alpha value is -4.03. The fourth-order valence-corrected chi connectivity index (χ4v) is 3.31. The van der Waals surface area contributed by atoms with Gasteiger partial charge in [0.2, 0.25) is 0 Å². The highest BCUT2D eigenvalue weighted by Crippen LogP contribution is 2.25. The molecule has 0 spiro atoms. The third kappa shape index (κ3) is 7.75. The molecule has 0 heterocycles. The molecule has 2 aromatic carbocycles. The zero-order valence-electron chi connectivity index (χ0n) is 21.2. The lowest BCUT2D eigenvalue weighted by molar-refractivity contribution is -0.137. The van der Waals surface area contributed by atoms with Crippen LogP contribution in [0.2, 0.25) is 0 Å². The minimum atomic E-state index is -1.43. The van der Waals surface area contributed by atoms with E-state index in [0.717, 1.165) is 16.9 Å². The molecule has 2 atom stereocenters. The van der Waals surface area contributed by atoms with Crippen LogP contribution >= 0.6 is 0 Å². The number of aryl methyl sites for hydroxylation is 1. The van der Waals surface area contributed by atoms with Crippen molar-refractivity contribution in [2.24, 2.45) is 0 Å². The number of hydrogen-bond donors (Lipinski definition) is 3. The van der Waals surface area contributed by atoms with E-state index in [1.54, 1.807) is 57.2 Å². The van der Waals surface area contributed by atoms with Gasteiger partial charge in [0.15, 0.2) is 0 Å². The van der Waals surface area contributed by atoms with E-state index < -0.39 is 42.2 Å². The number of aliphatic hydroxyl groups excluding tert-OH is 1. The second-order valence-corrected chi connectivity index (χ2v) is 8.93. The van der Waals surface area contributed by atoms with E-state index in [2.05, 4.69) is 16.7 Å². The second kappa shape index (κ2) is 12.6. The fourth-order valence-electron chi connectivity index (χ4n) is 3.31. The molecule has 192 valence electrons. The number of aliphatic hydroxyl groups is 1. The highest BCUT2D eigenvalue weighted by atomic mass is 16.6. The largest absolute Gasteiger partial charge is 0.497 e. The van der Waals surface area contributed by atoms with E-state index in [4.69, 9.17) is 15.9 Å². The average Bonchev–Trinajstić information content (AvgIpc) is 2.84. The minimum Gasteiger partial charge on any atom is -0.497 e. The summed E-state index contributed by atoms with van der Waals surface area (Å²) < 4.78 is 10.3. The van der Waals surface area contributed by atoms with E-state index in [1.165, 1.54) is 7.11 Å². The Balaban J connectivity index is 2.39. The first kappa shape index (κ1) is 28.2. The van der Waals surface area contributed by atoms with Gasteiger partial charge < -0.3 is 25.2 Å². The van der Waals surface area contributed by atoms with Gasteiger partial charge in [-0.1, -0.05) is 37.6 Å². The molecule has 2 aromatic rings. The number of nitrogens with one attached hydrogen (secondary N) is 2. The highest BCUT2D eigenvalue weighted by molar-refractivity contribution is 5.99. The Kier molecular flexibility index (Phi) is 9.88. The molecule has 0 saturated carbocycles. The average molecular weight is 496 g/mol. The summed E-state index contributed by atoms with van der Waals surface area (Å²) in [5.41, 5.74) is 1.14. The number of anilines is 1. The van der Waals surface area contributed by atoms with Gasteiger partial charge in [0, 0.05) is 11.7 Å². The molecule has 3 amide bonds. The van der Waals surface area contributed by atoms with Gasteiger partial charge in [0.25, 0.3) is 11.8 Å². The number of carbonyl (C=O) groups is 3. The number of hydrogen-bond acceptors (Lipinski definition) is 6. The van der Waals surface area contributed by atoms with Crippen LogP contribution in [-0.2, 0) is 20.7 Å². The van der Waals surface area contributed by atoms with Crippen molar-refractivity contribution in [2.75, 3.05) is 19.0 Å². The van der Waals surface area contributed by atoms with Crippen LogP contribution in [0.5, 0.6) is 5.75 Å². The van der Waals surface area contributed by atoms with Gasteiger partial charge in [-0.25, -0.2) is 4.79 Å². The molecule has 36 heavy (non-hydrogen) atoms. The summed E-state index contributed by atoms with van der Waals surface area (Å²) >= 11 is 0. The number of benzene rings is 2. The zero-order chi connectivity index (χ0) is 26.9.